The van der Waals surface area contributed by atoms with Crippen molar-refractivity contribution in [2.24, 2.45) is 0 Å². The van der Waals surface area contributed by atoms with Crippen molar-refractivity contribution < 1.29 is 14.3 Å². The highest BCUT2D eigenvalue weighted by Crippen LogP contribution is 2.19. The second-order valence-corrected chi connectivity index (χ2v) is 6.37. The van der Waals surface area contributed by atoms with Gasteiger partial charge in [-0.05, 0) is 38.3 Å². The molecule has 1 fully saturated rings. The zero-order chi connectivity index (χ0) is 17.6. The maximum absolute atomic E-state index is 12.5. The van der Waals surface area contributed by atoms with E-state index in [-0.39, 0.29) is 11.7 Å². The van der Waals surface area contributed by atoms with Gasteiger partial charge < -0.3 is 9.64 Å². The van der Waals surface area contributed by atoms with E-state index in [2.05, 4.69) is 0 Å². The van der Waals surface area contributed by atoms with Gasteiger partial charge in [0.1, 0.15) is 5.75 Å². The van der Waals surface area contributed by atoms with Crippen LogP contribution < -0.4 is 4.74 Å². The van der Waals surface area contributed by atoms with E-state index >= 15 is 0 Å². The number of benzene rings is 2. The van der Waals surface area contributed by atoms with Crippen LogP contribution in [0.5, 0.6) is 5.75 Å². The minimum atomic E-state index is -0.555. The molecule has 1 aliphatic heterocycles. The molecule has 130 valence electrons. The standard InChI is InChI=1S/C21H23NO3/c1-16(21(24)22-13-6-3-7-14-22)25-19-12-8-11-18(15-19)20(23)17-9-4-2-5-10-17/h2,4-5,8-12,15-16H,3,6-7,13-14H2,1H3. The van der Waals surface area contributed by atoms with Gasteiger partial charge in [-0.25, -0.2) is 0 Å². The van der Waals surface area contributed by atoms with Gasteiger partial charge in [0.2, 0.25) is 0 Å². The van der Waals surface area contributed by atoms with Crippen LogP contribution in [0.25, 0.3) is 0 Å². The van der Waals surface area contributed by atoms with E-state index in [1.807, 2.05) is 23.1 Å². The Kier molecular flexibility index (Phi) is 5.49. The van der Waals surface area contributed by atoms with Crippen LogP contribution in [-0.4, -0.2) is 35.8 Å². The molecule has 4 heteroatoms. The Morgan fingerprint density at radius 2 is 1.60 bits per heavy atom. The summed E-state index contributed by atoms with van der Waals surface area (Å²) in [5.74, 6) is 0.500. The predicted molar refractivity (Wildman–Crippen MR) is 96.8 cm³/mol. The average molecular weight is 337 g/mol. The summed E-state index contributed by atoms with van der Waals surface area (Å²) < 4.78 is 5.81. The lowest BCUT2D eigenvalue weighted by atomic mass is 10.0. The topological polar surface area (TPSA) is 46.6 Å². The van der Waals surface area contributed by atoms with E-state index in [1.54, 1.807) is 43.3 Å². The van der Waals surface area contributed by atoms with Gasteiger partial charge in [0.05, 0.1) is 0 Å². The molecular weight excluding hydrogens is 314 g/mol. The smallest absolute Gasteiger partial charge is 0.263 e. The van der Waals surface area contributed by atoms with Crippen LogP contribution in [0, 0.1) is 0 Å². The Morgan fingerprint density at radius 3 is 2.32 bits per heavy atom. The highest BCUT2D eigenvalue weighted by molar-refractivity contribution is 6.09. The second-order valence-electron chi connectivity index (χ2n) is 6.37. The summed E-state index contributed by atoms with van der Waals surface area (Å²) in [5.41, 5.74) is 1.19. The highest BCUT2D eigenvalue weighted by Gasteiger charge is 2.23. The Labute approximate surface area is 148 Å². The maximum Gasteiger partial charge on any atom is 0.263 e. The van der Waals surface area contributed by atoms with E-state index in [9.17, 15) is 9.59 Å². The van der Waals surface area contributed by atoms with Crippen molar-refractivity contribution in [1.82, 2.24) is 4.90 Å². The Balaban J connectivity index is 1.69. The van der Waals surface area contributed by atoms with Crippen molar-refractivity contribution >= 4 is 11.7 Å². The molecule has 1 saturated heterocycles. The van der Waals surface area contributed by atoms with Gasteiger partial charge in [-0.3, -0.25) is 9.59 Å². The SMILES string of the molecule is CC(Oc1cccc(C(=O)c2ccccc2)c1)C(=O)N1CCCCC1. The Morgan fingerprint density at radius 1 is 0.920 bits per heavy atom. The minimum Gasteiger partial charge on any atom is -0.481 e. The molecule has 1 heterocycles. The van der Waals surface area contributed by atoms with E-state index in [4.69, 9.17) is 4.74 Å². The maximum atomic E-state index is 12.5. The fourth-order valence-electron chi connectivity index (χ4n) is 3.09. The van der Waals surface area contributed by atoms with E-state index in [0.29, 0.717) is 16.9 Å². The number of rotatable bonds is 5. The predicted octanol–water partition coefficient (Wildman–Crippen LogP) is 3.70. The van der Waals surface area contributed by atoms with Crippen LogP contribution in [0.15, 0.2) is 54.6 Å². The lowest BCUT2D eigenvalue weighted by Gasteiger charge is -2.29. The van der Waals surface area contributed by atoms with Crippen LogP contribution in [0.4, 0.5) is 0 Å². The van der Waals surface area contributed by atoms with Gasteiger partial charge in [0.15, 0.2) is 11.9 Å². The molecule has 0 aromatic heterocycles. The van der Waals surface area contributed by atoms with Crippen molar-refractivity contribution in [2.75, 3.05) is 13.1 Å². The lowest BCUT2D eigenvalue weighted by molar-refractivity contribution is -0.138. The van der Waals surface area contributed by atoms with Gasteiger partial charge in [-0.15, -0.1) is 0 Å². The molecule has 0 radical (unpaired) electrons. The van der Waals surface area contributed by atoms with Crippen molar-refractivity contribution in [3.05, 3.63) is 65.7 Å². The first-order valence-corrected chi connectivity index (χ1v) is 8.80. The van der Waals surface area contributed by atoms with E-state index in [0.717, 1.165) is 25.9 Å². The molecule has 0 spiro atoms. The summed E-state index contributed by atoms with van der Waals surface area (Å²) in [7, 11) is 0. The highest BCUT2D eigenvalue weighted by atomic mass is 16.5. The van der Waals surface area contributed by atoms with Crippen molar-refractivity contribution in [3.63, 3.8) is 0 Å². The van der Waals surface area contributed by atoms with Crippen LogP contribution in [-0.2, 0) is 4.79 Å². The van der Waals surface area contributed by atoms with Gasteiger partial charge in [-0.2, -0.15) is 0 Å². The monoisotopic (exact) mass is 337 g/mol. The molecule has 3 rings (SSSR count). The third kappa shape index (κ3) is 4.27. The summed E-state index contributed by atoms with van der Waals surface area (Å²) in [6.45, 7) is 3.38. The quantitative estimate of drug-likeness (QED) is 0.782. The van der Waals surface area contributed by atoms with Crippen molar-refractivity contribution in [1.29, 1.82) is 0 Å². The summed E-state index contributed by atoms with van der Waals surface area (Å²) in [6, 6.07) is 16.2. The van der Waals surface area contributed by atoms with Crippen LogP contribution in [0.3, 0.4) is 0 Å². The number of nitrogens with zero attached hydrogens (tertiary/aromatic N) is 1. The molecule has 4 nitrogen and oxygen atoms in total. The first kappa shape index (κ1) is 17.2. The van der Waals surface area contributed by atoms with Crippen LogP contribution >= 0.6 is 0 Å². The van der Waals surface area contributed by atoms with Gasteiger partial charge in [0, 0.05) is 24.2 Å². The molecule has 0 N–H and O–H groups in total. The number of ketones is 1. The first-order valence-electron chi connectivity index (χ1n) is 8.80. The van der Waals surface area contributed by atoms with Gasteiger partial charge in [-0.1, -0.05) is 42.5 Å². The number of carbonyl (C=O) groups excluding carboxylic acids is 2. The molecule has 1 unspecified atom stereocenters. The normalized spacial score (nSPS) is 15.5. The van der Waals surface area contributed by atoms with Crippen molar-refractivity contribution in [2.45, 2.75) is 32.3 Å². The largest absolute Gasteiger partial charge is 0.481 e. The van der Waals surface area contributed by atoms with Gasteiger partial charge >= 0.3 is 0 Å². The summed E-state index contributed by atoms with van der Waals surface area (Å²) in [5, 5.41) is 0. The second kappa shape index (κ2) is 7.97. The van der Waals surface area contributed by atoms with Crippen LogP contribution in [0.1, 0.15) is 42.1 Å². The van der Waals surface area contributed by atoms with Crippen molar-refractivity contribution in [3.8, 4) is 5.75 Å². The van der Waals surface area contributed by atoms with E-state index < -0.39 is 6.10 Å². The fraction of sp³-hybridized carbons (Fsp3) is 0.333. The summed E-state index contributed by atoms with van der Waals surface area (Å²) in [6.07, 6.45) is 2.74. The van der Waals surface area contributed by atoms with Gasteiger partial charge in [0.25, 0.3) is 5.91 Å². The Hall–Kier alpha value is -2.62. The zero-order valence-electron chi connectivity index (χ0n) is 14.5. The van der Waals surface area contributed by atoms with E-state index in [1.165, 1.54) is 6.42 Å². The molecule has 0 saturated carbocycles. The molecule has 2 aromatic carbocycles. The average Bonchev–Trinajstić information content (AvgIpc) is 2.68. The molecular formula is C21H23NO3. The molecule has 1 atom stereocenters. The molecule has 25 heavy (non-hydrogen) atoms. The molecule has 1 amide bonds. The third-order valence-corrected chi connectivity index (χ3v) is 4.46. The lowest BCUT2D eigenvalue weighted by Crippen LogP contribution is -2.43. The Bertz CT molecular complexity index is 736. The molecule has 1 aliphatic rings. The number of hydrogen-bond donors (Lipinski definition) is 0. The fourth-order valence-corrected chi connectivity index (χ4v) is 3.09. The minimum absolute atomic E-state index is 0.0134. The number of piperidine rings is 1. The number of amides is 1. The number of hydrogen-bond acceptors (Lipinski definition) is 3. The molecule has 0 bridgehead atoms. The molecule has 2 aromatic rings. The van der Waals surface area contributed by atoms with Crippen LogP contribution in [0.2, 0.25) is 0 Å². The number of ether oxygens (including phenoxy) is 1. The third-order valence-electron chi connectivity index (χ3n) is 4.46. The number of likely N-dealkylation sites (tertiary alicyclic amines) is 1. The summed E-state index contributed by atoms with van der Waals surface area (Å²) in [4.78, 5) is 26.9. The first-order chi connectivity index (χ1) is 12.1. The number of carbonyl (C=O) groups is 2. The zero-order valence-corrected chi connectivity index (χ0v) is 14.5. The summed E-state index contributed by atoms with van der Waals surface area (Å²) >= 11 is 0. The molecule has 0 aliphatic carbocycles.